The quantitative estimate of drug-likeness (QED) is 0.115. The van der Waals surface area contributed by atoms with E-state index in [2.05, 4.69) is 191 Å². The maximum atomic E-state index is 5.14. The van der Waals surface area contributed by atoms with E-state index in [9.17, 15) is 0 Å². The summed E-state index contributed by atoms with van der Waals surface area (Å²) in [4.78, 5) is 5.14. The highest BCUT2D eigenvalue weighted by Crippen LogP contribution is 2.49. The highest BCUT2D eigenvalue weighted by Gasteiger charge is 2.29. The number of aliphatic imine (C=N–C) groups is 1. The minimum absolute atomic E-state index is 0.0824. The molecule has 0 saturated carbocycles. The predicted molar refractivity (Wildman–Crippen MR) is 246 cm³/mol. The van der Waals surface area contributed by atoms with Gasteiger partial charge in [0.1, 0.15) is 6.04 Å². The van der Waals surface area contributed by atoms with Crippen molar-refractivity contribution in [2.75, 3.05) is 0 Å². The predicted octanol–water partition coefficient (Wildman–Crippen LogP) is 14.5. The molecule has 1 aliphatic rings. The molecular formula is C55H39N3. The second-order valence-electron chi connectivity index (χ2n) is 15.1. The number of fused-ring (bicyclic) bond motifs is 9. The Kier molecular flexibility index (Phi) is 8.11. The molecule has 3 nitrogen and oxygen atoms in total. The monoisotopic (exact) mass is 741 g/mol. The van der Waals surface area contributed by atoms with Crippen molar-refractivity contribution in [3.8, 4) is 44.8 Å². The van der Waals surface area contributed by atoms with Crippen LogP contribution in [0, 0.1) is 0 Å². The molecular weight excluding hydrogens is 703 g/mol. The summed E-state index contributed by atoms with van der Waals surface area (Å²) in [6.07, 6.45) is 10.0. The largest absolute Gasteiger partial charge is 0.309 e. The second-order valence-corrected chi connectivity index (χ2v) is 15.1. The molecule has 0 bridgehead atoms. The first-order valence-corrected chi connectivity index (χ1v) is 20.0. The first-order valence-electron chi connectivity index (χ1n) is 20.0. The van der Waals surface area contributed by atoms with Crippen molar-refractivity contribution in [3.63, 3.8) is 0 Å². The smallest absolute Gasteiger partial charge is 0.101 e. The summed E-state index contributed by atoms with van der Waals surface area (Å²) in [7, 11) is 0. The number of aromatic nitrogens is 2. The Hall–Kier alpha value is -7.49. The van der Waals surface area contributed by atoms with E-state index in [1.165, 1.54) is 99.5 Å². The minimum Gasteiger partial charge on any atom is -0.309 e. The highest BCUT2D eigenvalue weighted by molar-refractivity contribution is 6.11. The molecule has 0 atom stereocenters. The van der Waals surface area contributed by atoms with E-state index in [0.29, 0.717) is 0 Å². The van der Waals surface area contributed by atoms with E-state index < -0.39 is 0 Å². The van der Waals surface area contributed by atoms with Crippen LogP contribution in [-0.2, 0) is 0 Å². The molecule has 0 saturated heterocycles. The molecule has 274 valence electrons. The van der Waals surface area contributed by atoms with Gasteiger partial charge in [0.05, 0.1) is 22.1 Å². The number of hydrogen-bond donors (Lipinski definition) is 0. The molecule has 10 aromatic rings. The normalized spacial score (nSPS) is 13.0. The number of para-hydroxylation sites is 4. The Bertz CT molecular complexity index is 3080. The molecule has 0 N–H and O–H groups in total. The van der Waals surface area contributed by atoms with Gasteiger partial charge in [-0.3, -0.25) is 4.99 Å². The average molecular weight is 742 g/mol. The molecule has 58 heavy (non-hydrogen) atoms. The molecule has 0 aliphatic heterocycles. The first-order chi connectivity index (χ1) is 28.7. The van der Waals surface area contributed by atoms with E-state index >= 15 is 0 Å². The molecule has 8 aromatic carbocycles. The molecule has 1 aliphatic carbocycles. The van der Waals surface area contributed by atoms with Gasteiger partial charge < -0.3 is 9.13 Å². The zero-order valence-corrected chi connectivity index (χ0v) is 32.1. The Morgan fingerprint density at radius 2 is 0.828 bits per heavy atom. The third-order valence-electron chi connectivity index (χ3n) is 11.8. The van der Waals surface area contributed by atoms with Crippen LogP contribution in [0.5, 0.6) is 0 Å². The Morgan fingerprint density at radius 1 is 0.397 bits per heavy atom. The summed E-state index contributed by atoms with van der Waals surface area (Å²) in [6, 6.07) is 66.5. The molecule has 0 fully saturated rings. The number of benzene rings is 8. The number of allylic oxidation sites excluding steroid dienone is 4. The molecule has 0 amide bonds. The van der Waals surface area contributed by atoms with Crippen LogP contribution in [0.2, 0.25) is 0 Å². The van der Waals surface area contributed by atoms with Crippen LogP contribution in [0.15, 0.2) is 211 Å². The highest BCUT2D eigenvalue weighted by atomic mass is 15.0. The Morgan fingerprint density at radius 3 is 1.33 bits per heavy atom. The maximum absolute atomic E-state index is 5.14. The van der Waals surface area contributed by atoms with Gasteiger partial charge in [-0.15, -0.1) is 0 Å². The summed E-state index contributed by atoms with van der Waals surface area (Å²) in [6.45, 7) is 2.03. The topological polar surface area (TPSA) is 22.2 Å². The van der Waals surface area contributed by atoms with Gasteiger partial charge in [0, 0.05) is 39.1 Å². The molecule has 3 heteroatoms. The van der Waals surface area contributed by atoms with Gasteiger partial charge in [0.15, 0.2) is 0 Å². The summed E-state index contributed by atoms with van der Waals surface area (Å²) in [5.41, 5.74) is 16.9. The van der Waals surface area contributed by atoms with Crippen molar-refractivity contribution in [1.29, 1.82) is 0 Å². The summed E-state index contributed by atoms with van der Waals surface area (Å²) in [5, 5.41) is 5.01. The molecule has 0 radical (unpaired) electrons. The molecule has 11 rings (SSSR count). The van der Waals surface area contributed by atoms with Crippen LogP contribution in [-0.4, -0.2) is 15.3 Å². The van der Waals surface area contributed by atoms with Crippen LogP contribution in [0.4, 0.5) is 0 Å². The van der Waals surface area contributed by atoms with Crippen molar-refractivity contribution in [2.45, 2.75) is 13.0 Å². The molecule has 2 heterocycles. The fraction of sp³-hybridized carbons (Fsp3) is 0.0364. The van der Waals surface area contributed by atoms with Crippen LogP contribution < -0.4 is 0 Å². The van der Waals surface area contributed by atoms with Gasteiger partial charge >= 0.3 is 0 Å². The minimum atomic E-state index is -0.0824. The van der Waals surface area contributed by atoms with Gasteiger partial charge in [0.2, 0.25) is 0 Å². The van der Waals surface area contributed by atoms with E-state index in [0.717, 1.165) is 0 Å². The number of nitrogens with zero attached hydrogens (tertiary/aromatic N) is 3. The lowest BCUT2D eigenvalue weighted by Crippen LogP contribution is -1.94. The van der Waals surface area contributed by atoms with Gasteiger partial charge in [-0.25, -0.2) is 0 Å². The number of rotatable bonds is 7. The van der Waals surface area contributed by atoms with Crippen molar-refractivity contribution >= 4 is 49.8 Å². The first kappa shape index (κ1) is 33.8. The SMILES string of the molecule is C\C=C/C=C\C=N\C1c2ccc(-c3ccc4c(c3)c3ccccc3n4-c3ccccc3)cc2-c2cc(-c3ccc4c(c3)c3ccccc3n4-c3ccccc3)ccc21. The van der Waals surface area contributed by atoms with Gasteiger partial charge in [-0.05, 0) is 130 Å². The van der Waals surface area contributed by atoms with E-state index in [-0.39, 0.29) is 6.04 Å². The zero-order valence-electron chi connectivity index (χ0n) is 32.1. The standard InChI is InChI=1S/C55H39N3/c1-2-3-4-15-32-56-55-45-28-24-37(39-26-30-53-49(35-39)43-20-11-13-22-51(43)57(53)41-16-7-5-8-17-41)33-47(45)48-34-38(25-29-46(48)55)40-27-31-54-50(36-40)44-21-12-14-23-52(44)58(54)42-18-9-6-10-19-42/h2-36,55H,1H3/b3-2-,15-4-,56-32+. The maximum Gasteiger partial charge on any atom is 0.101 e. The van der Waals surface area contributed by atoms with Gasteiger partial charge in [-0.1, -0.05) is 127 Å². The summed E-state index contributed by atoms with van der Waals surface area (Å²) >= 11 is 0. The number of hydrogen-bond acceptors (Lipinski definition) is 1. The van der Waals surface area contributed by atoms with Crippen LogP contribution in [0.1, 0.15) is 24.1 Å². The van der Waals surface area contributed by atoms with Gasteiger partial charge in [0.25, 0.3) is 0 Å². The lowest BCUT2D eigenvalue weighted by Gasteiger charge is -2.10. The van der Waals surface area contributed by atoms with E-state index in [1.54, 1.807) is 0 Å². The van der Waals surface area contributed by atoms with Crippen LogP contribution in [0.25, 0.3) is 88.4 Å². The molecule has 0 spiro atoms. The Labute approximate surface area is 337 Å². The third-order valence-corrected chi connectivity index (χ3v) is 11.8. The lowest BCUT2D eigenvalue weighted by atomic mass is 9.95. The Balaban J connectivity index is 1.05. The summed E-state index contributed by atoms with van der Waals surface area (Å²) in [5.74, 6) is 0. The van der Waals surface area contributed by atoms with Crippen molar-refractivity contribution in [2.24, 2.45) is 4.99 Å². The van der Waals surface area contributed by atoms with Crippen molar-refractivity contribution in [1.82, 2.24) is 9.13 Å². The zero-order chi connectivity index (χ0) is 38.6. The molecule has 0 unspecified atom stereocenters. The second kappa shape index (κ2) is 13.9. The lowest BCUT2D eigenvalue weighted by molar-refractivity contribution is 0.909. The average Bonchev–Trinajstić information content (AvgIpc) is 3.91. The van der Waals surface area contributed by atoms with Gasteiger partial charge in [-0.2, -0.15) is 0 Å². The van der Waals surface area contributed by atoms with E-state index in [4.69, 9.17) is 4.99 Å². The third kappa shape index (κ3) is 5.47. The molecule has 2 aromatic heterocycles. The van der Waals surface area contributed by atoms with Crippen LogP contribution >= 0.6 is 0 Å². The fourth-order valence-corrected chi connectivity index (χ4v) is 9.12. The fourth-order valence-electron chi connectivity index (χ4n) is 9.12. The van der Waals surface area contributed by atoms with Crippen LogP contribution in [0.3, 0.4) is 0 Å². The van der Waals surface area contributed by atoms with Crippen molar-refractivity contribution in [3.05, 3.63) is 217 Å². The van der Waals surface area contributed by atoms with Crippen molar-refractivity contribution < 1.29 is 0 Å². The van der Waals surface area contributed by atoms with E-state index in [1.807, 2.05) is 37.4 Å². The summed E-state index contributed by atoms with van der Waals surface area (Å²) < 4.78 is 4.75.